The SMILES string of the molecule is CN(C)c1ccnc(N[C@H]2CC[C@@H](NC(=S)Nc3ccccc3-c3ccccc3)CC2)n1. The van der Waals surface area contributed by atoms with Gasteiger partial charge in [0.1, 0.15) is 5.82 Å². The lowest BCUT2D eigenvalue weighted by Gasteiger charge is -2.30. The maximum Gasteiger partial charge on any atom is 0.224 e. The second kappa shape index (κ2) is 10.4. The minimum Gasteiger partial charge on any atom is -0.363 e. The van der Waals surface area contributed by atoms with Gasteiger partial charge in [-0.15, -0.1) is 0 Å². The van der Waals surface area contributed by atoms with Gasteiger partial charge in [0.2, 0.25) is 5.95 Å². The molecular weight excluding hydrogens is 416 g/mol. The molecule has 4 rings (SSSR count). The third kappa shape index (κ3) is 5.73. The number of hydrogen-bond acceptors (Lipinski definition) is 5. The van der Waals surface area contributed by atoms with E-state index < -0.39 is 0 Å². The lowest BCUT2D eigenvalue weighted by atomic mass is 9.91. The Morgan fingerprint density at radius 2 is 1.59 bits per heavy atom. The highest BCUT2D eigenvalue weighted by Crippen LogP contribution is 2.28. The van der Waals surface area contributed by atoms with Crippen LogP contribution >= 0.6 is 12.2 Å². The summed E-state index contributed by atoms with van der Waals surface area (Å²) in [6.45, 7) is 0. The van der Waals surface area contributed by atoms with Crippen molar-refractivity contribution in [2.24, 2.45) is 0 Å². The quantitative estimate of drug-likeness (QED) is 0.465. The minimum atomic E-state index is 0.367. The van der Waals surface area contributed by atoms with Crippen LogP contribution in [-0.4, -0.2) is 41.3 Å². The molecular formula is C25H30N6S. The standard InChI is InChI=1S/C25H30N6S/c1-31(2)23-16-17-26-24(30-23)27-19-12-14-20(15-13-19)28-25(32)29-22-11-7-6-10-21(22)18-8-4-3-5-9-18/h3-11,16-17,19-20H,12-15H2,1-2H3,(H,26,27,30)(H2,28,29,32)/t19-,20+. The second-order valence-electron chi connectivity index (χ2n) is 8.34. The molecule has 3 aromatic rings. The molecule has 1 fully saturated rings. The molecule has 1 aliphatic carbocycles. The van der Waals surface area contributed by atoms with Crippen molar-refractivity contribution < 1.29 is 0 Å². The van der Waals surface area contributed by atoms with E-state index in [1.54, 1.807) is 6.20 Å². The Labute approximate surface area is 195 Å². The monoisotopic (exact) mass is 446 g/mol. The summed E-state index contributed by atoms with van der Waals surface area (Å²) in [7, 11) is 3.97. The van der Waals surface area contributed by atoms with Crippen LogP contribution in [0.15, 0.2) is 66.9 Å². The predicted molar refractivity (Wildman–Crippen MR) is 137 cm³/mol. The van der Waals surface area contributed by atoms with E-state index in [0.29, 0.717) is 23.1 Å². The molecule has 166 valence electrons. The van der Waals surface area contributed by atoms with Gasteiger partial charge in [0, 0.05) is 43.6 Å². The highest BCUT2D eigenvalue weighted by atomic mass is 32.1. The largest absolute Gasteiger partial charge is 0.363 e. The average Bonchev–Trinajstić information content (AvgIpc) is 2.81. The predicted octanol–water partition coefficient (Wildman–Crippen LogP) is 4.92. The average molecular weight is 447 g/mol. The smallest absolute Gasteiger partial charge is 0.224 e. The highest BCUT2D eigenvalue weighted by Gasteiger charge is 2.22. The Balaban J connectivity index is 1.29. The van der Waals surface area contributed by atoms with E-state index >= 15 is 0 Å². The summed E-state index contributed by atoms with van der Waals surface area (Å²) in [5.41, 5.74) is 3.33. The van der Waals surface area contributed by atoms with Crippen molar-refractivity contribution in [3.8, 4) is 11.1 Å². The van der Waals surface area contributed by atoms with E-state index in [2.05, 4.69) is 68.4 Å². The Morgan fingerprint density at radius 1 is 0.906 bits per heavy atom. The Morgan fingerprint density at radius 3 is 2.34 bits per heavy atom. The molecule has 2 aromatic carbocycles. The molecule has 0 amide bonds. The van der Waals surface area contributed by atoms with Crippen LogP contribution in [-0.2, 0) is 0 Å². The van der Waals surface area contributed by atoms with Crippen molar-refractivity contribution in [1.82, 2.24) is 15.3 Å². The van der Waals surface area contributed by atoms with Crippen LogP contribution in [0.2, 0.25) is 0 Å². The van der Waals surface area contributed by atoms with E-state index in [1.807, 2.05) is 37.2 Å². The van der Waals surface area contributed by atoms with Crippen molar-refractivity contribution in [2.45, 2.75) is 37.8 Å². The van der Waals surface area contributed by atoms with Crippen LogP contribution in [0, 0.1) is 0 Å². The van der Waals surface area contributed by atoms with Crippen molar-refractivity contribution in [3.63, 3.8) is 0 Å². The first-order chi connectivity index (χ1) is 15.6. The molecule has 0 bridgehead atoms. The van der Waals surface area contributed by atoms with E-state index in [1.165, 1.54) is 5.56 Å². The molecule has 3 N–H and O–H groups in total. The third-order valence-corrected chi connectivity index (χ3v) is 5.97. The van der Waals surface area contributed by atoms with Gasteiger partial charge >= 0.3 is 0 Å². The van der Waals surface area contributed by atoms with Crippen molar-refractivity contribution >= 4 is 34.8 Å². The molecule has 0 saturated heterocycles. The Bertz CT molecular complexity index is 1030. The van der Waals surface area contributed by atoms with E-state index in [4.69, 9.17) is 12.2 Å². The van der Waals surface area contributed by atoms with Crippen molar-refractivity contribution in [3.05, 3.63) is 66.9 Å². The fourth-order valence-corrected chi connectivity index (χ4v) is 4.31. The van der Waals surface area contributed by atoms with Gasteiger partial charge in [0.05, 0.1) is 0 Å². The first kappa shape index (κ1) is 22.0. The van der Waals surface area contributed by atoms with Gasteiger partial charge in [0.25, 0.3) is 0 Å². The fourth-order valence-electron chi connectivity index (χ4n) is 4.04. The Kier molecular flexibility index (Phi) is 7.17. The third-order valence-electron chi connectivity index (χ3n) is 5.75. The van der Waals surface area contributed by atoms with E-state index in [0.717, 1.165) is 42.8 Å². The van der Waals surface area contributed by atoms with E-state index in [-0.39, 0.29) is 0 Å². The number of thiocarbonyl (C=S) groups is 1. The number of nitrogens with one attached hydrogen (secondary N) is 3. The zero-order valence-electron chi connectivity index (χ0n) is 18.6. The van der Waals surface area contributed by atoms with Crippen LogP contribution in [0.25, 0.3) is 11.1 Å². The van der Waals surface area contributed by atoms with Gasteiger partial charge in [-0.25, -0.2) is 4.98 Å². The van der Waals surface area contributed by atoms with Crippen molar-refractivity contribution in [1.29, 1.82) is 0 Å². The molecule has 7 heteroatoms. The number of hydrogen-bond donors (Lipinski definition) is 3. The fraction of sp³-hybridized carbons (Fsp3) is 0.320. The van der Waals surface area contributed by atoms with Crippen LogP contribution in [0.5, 0.6) is 0 Å². The maximum atomic E-state index is 5.64. The number of aromatic nitrogens is 2. The molecule has 0 unspecified atom stereocenters. The van der Waals surface area contributed by atoms with Gasteiger partial charge in [0.15, 0.2) is 5.11 Å². The minimum absolute atomic E-state index is 0.367. The molecule has 1 saturated carbocycles. The summed E-state index contributed by atoms with van der Waals surface area (Å²) in [5, 5.41) is 11.1. The van der Waals surface area contributed by atoms with Gasteiger partial charge in [-0.3, -0.25) is 0 Å². The molecule has 0 radical (unpaired) electrons. The van der Waals surface area contributed by atoms with Gasteiger partial charge < -0.3 is 20.9 Å². The van der Waals surface area contributed by atoms with Gasteiger partial charge in [-0.05, 0) is 55.6 Å². The summed E-state index contributed by atoms with van der Waals surface area (Å²) in [4.78, 5) is 10.9. The lowest BCUT2D eigenvalue weighted by Crippen LogP contribution is -2.42. The zero-order valence-corrected chi connectivity index (χ0v) is 19.4. The number of nitrogens with zero attached hydrogens (tertiary/aromatic N) is 3. The van der Waals surface area contributed by atoms with Crippen LogP contribution < -0.4 is 20.9 Å². The summed E-state index contributed by atoms with van der Waals surface area (Å²) < 4.78 is 0. The summed E-state index contributed by atoms with van der Waals surface area (Å²) in [6, 6.07) is 21.3. The van der Waals surface area contributed by atoms with Crippen LogP contribution in [0.3, 0.4) is 0 Å². The lowest BCUT2D eigenvalue weighted by molar-refractivity contribution is 0.387. The van der Waals surface area contributed by atoms with Gasteiger partial charge in [-0.1, -0.05) is 48.5 Å². The second-order valence-corrected chi connectivity index (χ2v) is 8.74. The van der Waals surface area contributed by atoms with Crippen LogP contribution in [0.1, 0.15) is 25.7 Å². The summed E-state index contributed by atoms with van der Waals surface area (Å²) in [5.74, 6) is 1.60. The molecule has 6 nitrogen and oxygen atoms in total. The molecule has 0 aliphatic heterocycles. The summed E-state index contributed by atoms with van der Waals surface area (Å²) in [6.07, 6.45) is 6.00. The first-order valence-corrected chi connectivity index (χ1v) is 11.5. The number of benzene rings is 2. The normalized spacial score (nSPS) is 17.9. The Hall–Kier alpha value is -3.19. The highest BCUT2D eigenvalue weighted by molar-refractivity contribution is 7.80. The number of rotatable bonds is 6. The molecule has 32 heavy (non-hydrogen) atoms. The van der Waals surface area contributed by atoms with Crippen LogP contribution in [0.4, 0.5) is 17.5 Å². The first-order valence-electron chi connectivity index (χ1n) is 11.1. The molecule has 1 heterocycles. The maximum absolute atomic E-state index is 5.64. The molecule has 0 spiro atoms. The van der Waals surface area contributed by atoms with E-state index in [9.17, 15) is 0 Å². The molecule has 1 aromatic heterocycles. The molecule has 1 aliphatic rings. The zero-order chi connectivity index (χ0) is 22.3. The summed E-state index contributed by atoms with van der Waals surface area (Å²) >= 11 is 5.64. The topological polar surface area (TPSA) is 65.1 Å². The number of para-hydroxylation sites is 1. The number of anilines is 3. The molecule has 0 atom stereocenters. The van der Waals surface area contributed by atoms with Crippen molar-refractivity contribution in [2.75, 3.05) is 29.6 Å². The van der Waals surface area contributed by atoms with Gasteiger partial charge in [-0.2, -0.15) is 4.98 Å².